The van der Waals surface area contributed by atoms with Gasteiger partial charge < -0.3 is 15.4 Å². The Morgan fingerprint density at radius 2 is 1.96 bits per heavy atom. The van der Waals surface area contributed by atoms with Crippen LogP contribution in [0.1, 0.15) is 29.6 Å². The van der Waals surface area contributed by atoms with Gasteiger partial charge in [-0.3, -0.25) is 15.0 Å². The zero-order chi connectivity index (χ0) is 19.5. The fraction of sp³-hybridized carbons (Fsp3) is 0.533. The van der Waals surface area contributed by atoms with E-state index in [1.54, 1.807) is 0 Å². The Hall–Kier alpha value is -2.74. The monoisotopic (exact) mass is 373 g/mol. The van der Waals surface area contributed by atoms with Crippen LogP contribution in [0, 0.1) is 11.3 Å². The molecule has 0 aliphatic carbocycles. The van der Waals surface area contributed by atoms with Crippen molar-refractivity contribution in [3.05, 3.63) is 18.0 Å². The van der Waals surface area contributed by atoms with Gasteiger partial charge in [0.05, 0.1) is 35.8 Å². The Kier molecular flexibility index (Phi) is 5.46. The Labute approximate surface area is 147 Å². The standard InChI is InChI=1S/C15H18F3N5O3/c16-15(17,18)9-22-5-2-14(1-4-19,3-6-22)23-7-10(12(20)24)11(8-23)21-13(25)26/h7-8,21H,1-3,5-6,9H2,(H2,20,24)(H,25,26). The molecule has 8 nitrogen and oxygen atoms in total. The number of rotatable bonds is 5. The summed E-state index contributed by atoms with van der Waals surface area (Å²) in [6.07, 6.45) is -2.51. The van der Waals surface area contributed by atoms with Gasteiger partial charge in [0, 0.05) is 25.5 Å². The van der Waals surface area contributed by atoms with Crippen molar-refractivity contribution in [1.29, 1.82) is 5.26 Å². The van der Waals surface area contributed by atoms with Crippen LogP contribution in [-0.4, -0.2) is 52.4 Å². The molecule has 1 aliphatic heterocycles. The van der Waals surface area contributed by atoms with Crippen molar-refractivity contribution in [3.8, 4) is 6.07 Å². The van der Waals surface area contributed by atoms with Crippen LogP contribution >= 0.6 is 0 Å². The average Bonchev–Trinajstić information content (AvgIpc) is 2.92. The molecule has 1 aromatic rings. The van der Waals surface area contributed by atoms with Crippen molar-refractivity contribution >= 4 is 17.7 Å². The summed E-state index contributed by atoms with van der Waals surface area (Å²) < 4.78 is 39.2. The van der Waals surface area contributed by atoms with Gasteiger partial charge in [-0.25, -0.2) is 4.79 Å². The van der Waals surface area contributed by atoms with Gasteiger partial charge in [0.1, 0.15) is 0 Å². The van der Waals surface area contributed by atoms with Gasteiger partial charge in [-0.1, -0.05) is 0 Å². The summed E-state index contributed by atoms with van der Waals surface area (Å²) >= 11 is 0. The number of nitriles is 1. The van der Waals surface area contributed by atoms with Crippen LogP contribution in [0.4, 0.5) is 23.7 Å². The Morgan fingerprint density at radius 1 is 1.35 bits per heavy atom. The number of hydrogen-bond donors (Lipinski definition) is 3. The van der Waals surface area contributed by atoms with Crippen LogP contribution in [0.25, 0.3) is 0 Å². The van der Waals surface area contributed by atoms with Crippen LogP contribution in [0.3, 0.4) is 0 Å². The fourth-order valence-corrected chi connectivity index (χ4v) is 3.19. The molecule has 11 heteroatoms. The first-order valence-electron chi connectivity index (χ1n) is 7.74. The number of aromatic nitrogens is 1. The number of piperidine rings is 1. The predicted octanol–water partition coefficient (Wildman–Crippen LogP) is 1.94. The van der Waals surface area contributed by atoms with Gasteiger partial charge in [-0.05, 0) is 12.8 Å². The van der Waals surface area contributed by atoms with Crippen molar-refractivity contribution in [1.82, 2.24) is 9.47 Å². The maximum absolute atomic E-state index is 12.6. The van der Waals surface area contributed by atoms with Crippen molar-refractivity contribution in [2.75, 3.05) is 25.0 Å². The van der Waals surface area contributed by atoms with Gasteiger partial charge >= 0.3 is 12.3 Å². The first-order valence-corrected chi connectivity index (χ1v) is 7.74. The van der Waals surface area contributed by atoms with E-state index in [0.29, 0.717) is 0 Å². The average molecular weight is 373 g/mol. The lowest BCUT2D eigenvalue weighted by Crippen LogP contribution is -2.48. The number of likely N-dealkylation sites (tertiary alicyclic amines) is 1. The summed E-state index contributed by atoms with van der Waals surface area (Å²) in [4.78, 5) is 23.7. The molecule has 2 amide bonds. The number of halogens is 3. The number of alkyl halides is 3. The number of nitrogens with one attached hydrogen (secondary N) is 1. The third-order valence-corrected chi connectivity index (χ3v) is 4.48. The van der Waals surface area contributed by atoms with E-state index in [4.69, 9.17) is 16.1 Å². The highest BCUT2D eigenvalue weighted by Crippen LogP contribution is 2.36. The molecule has 1 saturated heterocycles. The van der Waals surface area contributed by atoms with Gasteiger partial charge in [0.2, 0.25) is 0 Å². The molecule has 4 N–H and O–H groups in total. The number of nitrogens with two attached hydrogens (primary N) is 1. The smallest absolute Gasteiger partial charge is 0.409 e. The number of carbonyl (C=O) groups excluding carboxylic acids is 1. The molecule has 0 unspecified atom stereocenters. The van der Waals surface area contributed by atoms with Crippen LogP contribution in [0.5, 0.6) is 0 Å². The zero-order valence-corrected chi connectivity index (χ0v) is 13.7. The SMILES string of the molecule is N#CCC1(n2cc(NC(=O)O)c(C(N)=O)c2)CCN(CC(F)(F)F)CC1. The molecule has 26 heavy (non-hydrogen) atoms. The first kappa shape index (κ1) is 19.6. The highest BCUT2D eigenvalue weighted by molar-refractivity contribution is 6.01. The van der Waals surface area contributed by atoms with Gasteiger partial charge in [0.25, 0.3) is 5.91 Å². The summed E-state index contributed by atoms with van der Waals surface area (Å²) in [5, 5.41) is 20.1. The van der Waals surface area contributed by atoms with Crippen LogP contribution in [0.2, 0.25) is 0 Å². The molecule has 0 bridgehead atoms. The number of amides is 2. The minimum atomic E-state index is -4.31. The second-order valence-corrected chi connectivity index (χ2v) is 6.24. The molecular formula is C15H18F3N5O3. The maximum Gasteiger partial charge on any atom is 0.409 e. The Bertz CT molecular complexity index is 730. The van der Waals surface area contributed by atoms with E-state index < -0.39 is 30.3 Å². The molecule has 1 aliphatic rings. The third kappa shape index (κ3) is 4.45. The normalized spacial score (nSPS) is 17.5. The van der Waals surface area contributed by atoms with E-state index in [1.807, 2.05) is 6.07 Å². The van der Waals surface area contributed by atoms with Crippen LogP contribution in [-0.2, 0) is 5.54 Å². The van der Waals surface area contributed by atoms with Crippen LogP contribution in [0.15, 0.2) is 12.4 Å². The summed E-state index contributed by atoms with van der Waals surface area (Å²) in [6.45, 7) is -0.792. The minimum absolute atomic E-state index is 0.00620. The second-order valence-electron chi connectivity index (χ2n) is 6.24. The Morgan fingerprint density at radius 3 is 2.42 bits per heavy atom. The molecule has 0 spiro atoms. The second kappa shape index (κ2) is 7.25. The molecular weight excluding hydrogens is 355 g/mol. The summed E-state index contributed by atoms with van der Waals surface area (Å²) in [5.41, 5.74) is 4.33. The Balaban J connectivity index is 2.29. The number of hydrogen-bond acceptors (Lipinski definition) is 4. The van der Waals surface area contributed by atoms with E-state index in [9.17, 15) is 22.8 Å². The minimum Gasteiger partial charge on any atom is -0.465 e. The van der Waals surface area contributed by atoms with Crippen molar-refractivity contribution in [2.24, 2.45) is 5.73 Å². The summed E-state index contributed by atoms with van der Waals surface area (Å²) in [7, 11) is 0. The molecule has 1 aromatic heterocycles. The topological polar surface area (TPSA) is 124 Å². The van der Waals surface area contributed by atoms with Crippen molar-refractivity contribution < 1.29 is 27.9 Å². The molecule has 0 saturated carbocycles. The third-order valence-electron chi connectivity index (χ3n) is 4.48. The van der Waals surface area contributed by atoms with E-state index in [1.165, 1.54) is 21.9 Å². The number of carboxylic acid groups (broad SMARTS) is 1. The van der Waals surface area contributed by atoms with E-state index in [0.717, 1.165) is 0 Å². The number of anilines is 1. The predicted molar refractivity (Wildman–Crippen MR) is 84.5 cm³/mol. The number of nitrogens with zero attached hydrogens (tertiary/aromatic N) is 3. The maximum atomic E-state index is 12.6. The first-order chi connectivity index (χ1) is 12.1. The molecule has 1 fully saturated rings. The summed E-state index contributed by atoms with van der Waals surface area (Å²) in [6, 6.07) is 2.02. The summed E-state index contributed by atoms with van der Waals surface area (Å²) in [5.74, 6) is -0.853. The molecule has 0 radical (unpaired) electrons. The lowest BCUT2D eigenvalue weighted by Gasteiger charge is -2.42. The van der Waals surface area contributed by atoms with Gasteiger partial charge in [-0.2, -0.15) is 18.4 Å². The molecule has 0 aromatic carbocycles. The van der Waals surface area contributed by atoms with Gasteiger partial charge in [-0.15, -0.1) is 0 Å². The molecule has 2 rings (SSSR count). The van der Waals surface area contributed by atoms with Crippen LogP contribution < -0.4 is 11.1 Å². The lowest BCUT2D eigenvalue weighted by molar-refractivity contribution is -0.150. The molecule has 2 heterocycles. The van der Waals surface area contributed by atoms with Crippen molar-refractivity contribution in [2.45, 2.75) is 31.0 Å². The molecule has 0 atom stereocenters. The number of primary amides is 1. The molecule has 142 valence electrons. The lowest BCUT2D eigenvalue weighted by atomic mass is 9.84. The highest BCUT2D eigenvalue weighted by atomic mass is 19.4. The largest absolute Gasteiger partial charge is 0.465 e. The van der Waals surface area contributed by atoms with E-state index >= 15 is 0 Å². The van der Waals surface area contributed by atoms with Crippen molar-refractivity contribution in [3.63, 3.8) is 0 Å². The highest BCUT2D eigenvalue weighted by Gasteiger charge is 2.40. The fourth-order valence-electron chi connectivity index (χ4n) is 3.19. The van der Waals surface area contributed by atoms with E-state index in [2.05, 4.69) is 5.32 Å². The van der Waals surface area contributed by atoms with Gasteiger partial charge in [0.15, 0.2) is 0 Å². The van der Waals surface area contributed by atoms with E-state index in [-0.39, 0.29) is 43.6 Å². The quantitative estimate of drug-likeness (QED) is 0.728. The zero-order valence-electron chi connectivity index (χ0n) is 13.7. The number of carbonyl (C=O) groups is 2.